The number of rotatable bonds is 2. The van der Waals surface area contributed by atoms with Crippen LogP contribution in [0.4, 0.5) is 22.7 Å². The summed E-state index contributed by atoms with van der Waals surface area (Å²) in [7, 11) is 0. The van der Waals surface area contributed by atoms with Gasteiger partial charge in [0, 0.05) is 11.4 Å². The highest BCUT2D eigenvalue weighted by atomic mass is 14.8. The summed E-state index contributed by atoms with van der Waals surface area (Å²) in [5, 5.41) is 0. The molecule has 0 bridgehead atoms. The molecule has 0 saturated heterocycles. The summed E-state index contributed by atoms with van der Waals surface area (Å²) in [6.07, 6.45) is 7.81. The largest absolute Gasteiger partial charge is 0.399 e. The van der Waals surface area contributed by atoms with Crippen molar-refractivity contribution in [2.45, 2.75) is 13.8 Å². The van der Waals surface area contributed by atoms with Gasteiger partial charge in [0.1, 0.15) is 0 Å². The van der Waals surface area contributed by atoms with E-state index in [1.54, 1.807) is 0 Å². The summed E-state index contributed by atoms with van der Waals surface area (Å²) in [6, 6.07) is 11.5. The summed E-state index contributed by atoms with van der Waals surface area (Å²) < 4.78 is 0. The molecule has 2 aromatic rings. The van der Waals surface area contributed by atoms with Crippen LogP contribution in [0.1, 0.15) is 11.1 Å². The number of nitrogen functional groups attached to an aromatic ring is 2. The highest BCUT2D eigenvalue weighted by molar-refractivity contribution is 6.19. The SMILES string of the molecule is Cc1cc(N=C2C=CC(=Nc3ccc(N)c(C)c3)C=C2)ccc1N. The molecule has 0 saturated carbocycles. The van der Waals surface area contributed by atoms with E-state index in [2.05, 4.69) is 9.98 Å². The molecule has 0 amide bonds. The topological polar surface area (TPSA) is 76.8 Å². The first kappa shape index (κ1) is 15.7. The van der Waals surface area contributed by atoms with E-state index in [0.717, 1.165) is 45.3 Å². The van der Waals surface area contributed by atoms with Gasteiger partial charge in [0.05, 0.1) is 22.8 Å². The van der Waals surface area contributed by atoms with E-state index >= 15 is 0 Å². The third-order valence-electron chi connectivity index (χ3n) is 3.87. The smallest absolute Gasteiger partial charge is 0.0641 e. The van der Waals surface area contributed by atoms with Gasteiger partial charge in [0.15, 0.2) is 0 Å². The number of allylic oxidation sites excluding steroid dienone is 4. The molecule has 2 aromatic carbocycles. The molecule has 4 nitrogen and oxygen atoms in total. The number of anilines is 2. The van der Waals surface area contributed by atoms with Gasteiger partial charge in [-0.2, -0.15) is 0 Å². The van der Waals surface area contributed by atoms with Gasteiger partial charge in [-0.1, -0.05) is 0 Å². The van der Waals surface area contributed by atoms with Crippen molar-refractivity contribution in [3.63, 3.8) is 0 Å². The minimum Gasteiger partial charge on any atom is -0.399 e. The first-order valence-electron chi connectivity index (χ1n) is 7.77. The Labute approximate surface area is 141 Å². The lowest BCUT2D eigenvalue weighted by atomic mass is 10.1. The molecule has 0 atom stereocenters. The van der Waals surface area contributed by atoms with E-state index < -0.39 is 0 Å². The van der Waals surface area contributed by atoms with Crippen molar-refractivity contribution in [2.75, 3.05) is 11.5 Å². The first-order valence-corrected chi connectivity index (χ1v) is 7.77. The van der Waals surface area contributed by atoms with E-state index in [4.69, 9.17) is 11.5 Å². The molecule has 1 aliphatic rings. The van der Waals surface area contributed by atoms with Crippen LogP contribution in [0.25, 0.3) is 0 Å². The second-order valence-corrected chi connectivity index (χ2v) is 5.82. The lowest BCUT2D eigenvalue weighted by molar-refractivity contribution is 1.42. The standard InChI is InChI=1S/C20H20N4/c1-13-11-17(7-9-19(13)21)23-15-3-5-16(6-4-15)24-18-8-10-20(22)14(2)12-18/h3-12H,21-22H2,1-2H3. The lowest BCUT2D eigenvalue weighted by Gasteiger charge is -2.05. The fourth-order valence-electron chi connectivity index (χ4n) is 2.36. The Kier molecular flexibility index (Phi) is 4.29. The number of aryl methyl sites for hydroxylation is 2. The maximum atomic E-state index is 5.83. The van der Waals surface area contributed by atoms with Gasteiger partial charge in [-0.05, 0) is 85.7 Å². The van der Waals surface area contributed by atoms with Gasteiger partial charge < -0.3 is 11.5 Å². The minimum absolute atomic E-state index is 0.780. The van der Waals surface area contributed by atoms with Crippen molar-refractivity contribution < 1.29 is 0 Å². The fourth-order valence-corrected chi connectivity index (χ4v) is 2.36. The molecule has 0 heterocycles. The number of hydrogen-bond donors (Lipinski definition) is 2. The maximum absolute atomic E-state index is 5.83. The Balaban J connectivity index is 1.79. The molecule has 3 rings (SSSR count). The Morgan fingerprint density at radius 2 is 1.00 bits per heavy atom. The molecule has 0 spiro atoms. The molecular formula is C20H20N4. The van der Waals surface area contributed by atoms with Crippen molar-refractivity contribution in [2.24, 2.45) is 9.98 Å². The van der Waals surface area contributed by atoms with E-state index in [1.165, 1.54) is 0 Å². The van der Waals surface area contributed by atoms with Gasteiger partial charge in [-0.25, -0.2) is 9.98 Å². The Bertz CT molecular complexity index is 810. The number of nitrogens with two attached hydrogens (primary N) is 2. The predicted octanol–water partition coefficient (Wildman–Crippen LogP) is 4.44. The highest BCUT2D eigenvalue weighted by Gasteiger charge is 2.02. The third kappa shape index (κ3) is 3.60. The fraction of sp³-hybridized carbons (Fsp3) is 0.100. The van der Waals surface area contributed by atoms with E-state index in [1.807, 2.05) is 74.5 Å². The predicted molar refractivity (Wildman–Crippen MR) is 104 cm³/mol. The zero-order valence-corrected chi connectivity index (χ0v) is 13.8. The van der Waals surface area contributed by atoms with Crippen LogP contribution < -0.4 is 11.5 Å². The lowest BCUT2D eigenvalue weighted by Crippen LogP contribution is -1.99. The average Bonchev–Trinajstić information content (AvgIpc) is 2.56. The summed E-state index contributed by atoms with van der Waals surface area (Å²) in [5.41, 5.74) is 18.8. The van der Waals surface area contributed by atoms with Crippen molar-refractivity contribution >= 4 is 34.2 Å². The molecule has 0 aliphatic heterocycles. The summed E-state index contributed by atoms with van der Waals surface area (Å²) in [4.78, 5) is 9.21. The van der Waals surface area contributed by atoms with Crippen molar-refractivity contribution in [3.8, 4) is 0 Å². The number of nitrogens with zero attached hydrogens (tertiary/aromatic N) is 2. The average molecular weight is 316 g/mol. The summed E-state index contributed by atoms with van der Waals surface area (Å²) in [5.74, 6) is 0. The molecule has 24 heavy (non-hydrogen) atoms. The van der Waals surface area contributed by atoms with Gasteiger partial charge in [0.25, 0.3) is 0 Å². The van der Waals surface area contributed by atoms with Crippen LogP contribution in [-0.4, -0.2) is 11.4 Å². The summed E-state index contributed by atoms with van der Waals surface area (Å²) >= 11 is 0. The van der Waals surface area contributed by atoms with Crippen LogP contribution in [0.5, 0.6) is 0 Å². The zero-order valence-electron chi connectivity index (χ0n) is 13.8. The van der Waals surface area contributed by atoms with E-state index in [0.29, 0.717) is 0 Å². The van der Waals surface area contributed by atoms with Crippen molar-refractivity contribution in [3.05, 3.63) is 71.8 Å². The van der Waals surface area contributed by atoms with E-state index in [9.17, 15) is 0 Å². The maximum Gasteiger partial charge on any atom is 0.0641 e. The molecule has 1 aliphatic carbocycles. The van der Waals surface area contributed by atoms with Crippen molar-refractivity contribution in [1.82, 2.24) is 0 Å². The molecule has 0 aromatic heterocycles. The first-order chi connectivity index (χ1) is 11.5. The number of benzene rings is 2. The molecule has 4 N–H and O–H groups in total. The van der Waals surface area contributed by atoms with Crippen LogP contribution in [0.3, 0.4) is 0 Å². The Morgan fingerprint density at radius 3 is 1.33 bits per heavy atom. The van der Waals surface area contributed by atoms with Gasteiger partial charge >= 0.3 is 0 Å². The molecule has 0 unspecified atom stereocenters. The van der Waals surface area contributed by atoms with Crippen LogP contribution >= 0.6 is 0 Å². The highest BCUT2D eigenvalue weighted by Crippen LogP contribution is 2.21. The molecule has 120 valence electrons. The van der Waals surface area contributed by atoms with Gasteiger partial charge in [0.2, 0.25) is 0 Å². The Hall–Kier alpha value is -3.14. The van der Waals surface area contributed by atoms with Crippen LogP contribution in [0.2, 0.25) is 0 Å². The molecular weight excluding hydrogens is 296 g/mol. The minimum atomic E-state index is 0.780. The summed E-state index contributed by atoms with van der Waals surface area (Å²) in [6.45, 7) is 3.95. The number of aliphatic imine (C=N–C) groups is 2. The second kappa shape index (κ2) is 6.54. The molecule has 4 heteroatoms. The molecule has 0 radical (unpaired) electrons. The van der Waals surface area contributed by atoms with E-state index in [-0.39, 0.29) is 0 Å². The van der Waals surface area contributed by atoms with Crippen LogP contribution in [0, 0.1) is 13.8 Å². The molecule has 0 fully saturated rings. The van der Waals surface area contributed by atoms with Crippen molar-refractivity contribution in [1.29, 1.82) is 0 Å². The zero-order chi connectivity index (χ0) is 17.1. The normalized spacial score (nSPS) is 13.2. The number of hydrogen-bond acceptors (Lipinski definition) is 4. The van der Waals surface area contributed by atoms with Gasteiger partial charge in [-0.3, -0.25) is 0 Å². The van der Waals surface area contributed by atoms with Crippen LogP contribution in [0.15, 0.2) is 70.7 Å². The third-order valence-corrected chi connectivity index (χ3v) is 3.87. The Morgan fingerprint density at radius 1 is 0.625 bits per heavy atom. The quantitative estimate of drug-likeness (QED) is 0.634. The second-order valence-electron chi connectivity index (χ2n) is 5.82. The van der Waals surface area contributed by atoms with Gasteiger partial charge in [-0.15, -0.1) is 0 Å². The van der Waals surface area contributed by atoms with Crippen LogP contribution in [-0.2, 0) is 0 Å². The monoisotopic (exact) mass is 316 g/mol.